The molecule has 1 N–H and O–H groups in total. The molecule has 5 nitrogen and oxygen atoms in total. The van der Waals surface area contributed by atoms with Crippen LogP contribution in [0.5, 0.6) is 0 Å². The lowest BCUT2D eigenvalue weighted by atomic mass is 9.99. The Bertz CT molecular complexity index is 738. The Labute approximate surface area is 169 Å². The molecule has 28 heavy (non-hydrogen) atoms. The summed E-state index contributed by atoms with van der Waals surface area (Å²) in [6, 6.07) is 2.78. The standard InChI is InChI=1S/C20H27F2N3O2S/c1-13(2)10-17(19(27)24-8-6-23(3)7-9-24)25-18(26)12-28-20(25)15-5-4-14(21)11-16(15)22/h4-5,11,13,17,20H,6-10,12H2,1-3H3/p+1/t17-,20-/m1/s1. The van der Waals surface area contributed by atoms with Crippen molar-refractivity contribution in [3.05, 3.63) is 35.4 Å². The molecule has 2 aliphatic rings. The number of thioether (sulfide) groups is 1. The van der Waals surface area contributed by atoms with E-state index in [0.29, 0.717) is 19.5 Å². The molecule has 0 unspecified atom stereocenters. The van der Waals surface area contributed by atoms with Gasteiger partial charge in [-0.15, -0.1) is 11.8 Å². The molecule has 3 rings (SSSR count). The number of likely N-dealkylation sites (N-methyl/N-ethyl adjacent to an activating group) is 1. The molecule has 2 heterocycles. The normalized spacial score (nSPS) is 22.2. The molecule has 0 spiro atoms. The molecule has 2 fully saturated rings. The van der Waals surface area contributed by atoms with Gasteiger partial charge in [0.2, 0.25) is 11.8 Å². The van der Waals surface area contributed by atoms with Crippen LogP contribution in [0.15, 0.2) is 18.2 Å². The monoisotopic (exact) mass is 412 g/mol. The number of nitrogens with one attached hydrogen (secondary N) is 1. The molecule has 2 amide bonds. The summed E-state index contributed by atoms with van der Waals surface area (Å²) in [5, 5.41) is -0.612. The molecule has 2 atom stereocenters. The predicted molar refractivity (Wildman–Crippen MR) is 105 cm³/mol. The number of benzene rings is 1. The highest BCUT2D eigenvalue weighted by Gasteiger charge is 2.43. The Morgan fingerprint density at radius 2 is 1.96 bits per heavy atom. The third-order valence-corrected chi connectivity index (χ3v) is 6.59. The summed E-state index contributed by atoms with van der Waals surface area (Å²) >= 11 is 1.29. The number of nitrogens with zero attached hydrogens (tertiary/aromatic N) is 2. The Kier molecular flexibility index (Phi) is 6.60. The van der Waals surface area contributed by atoms with Gasteiger partial charge < -0.3 is 14.7 Å². The number of carbonyl (C=O) groups excluding carboxylic acids is 2. The zero-order valence-corrected chi connectivity index (χ0v) is 17.4. The van der Waals surface area contributed by atoms with E-state index in [0.717, 1.165) is 19.2 Å². The van der Waals surface area contributed by atoms with Gasteiger partial charge in [0.05, 0.1) is 39.0 Å². The van der Waals surface area contributed by atoms with Crippen LogP contribution in [0.2, 0.25) is 0 Å². The number of piperazine rings is 1. The van der Waals surface area contributed by atoms with Crippen molar-refractivity contribution in [3.8, 4) is 0 Å². The fourth-order valence-electron chi connectivity index (χ4n) is 3.81. The Morgan fingerprint density at radius 1 is 1.29 bits per heavy atom. The summed E-state index contributed by atoms with van der Waals surface area (Å²) < 4.78 is 27.8. The van der Waals surface area contributed by atoms with Crippen LogP contribution in [-0.2, 0) is 9.59 Å². The molecule has 2 aliphatic heterocycles. The quantitative estimate of drug-likeness (QED) is 0.793. The third-order valence-electron chi connectivity index (χ3n) is 5.38. The summed E-state index contributed by atoms with van der Waals surface area (Å²) in [6.45, 7) is 7.08. The zero-order valence-electron chi connectivity index (χ0n) is 16.6. The van der Waals surface area contributed by atoms with Crippen molar-refractivity contribution < 1.29 is 23.3 Å². The van der Waals surface area contributed by atoms with E-state index in [1.165, 1.54) is 33.7 Å². The summed E-state index contributed by atoms with van der Waals surface area (Å²) in [4.78, 5) is 30.8. The Balaban J connectivity index is 1.90. The maximum absolute atomic E-state index is 14.4. The molecule has 2 saturated heterocycles. The average Bonchev–Trinajstić information content (AvgIpc) is 3.01. The summed E-state index contributed by atoms with van der Waals surface area (Å²) in [5.74, 6) is -1.19. The number of hydrogen-bond donors (Lipinski definition) is 1. The first-order valence-corrected chi connectivity index (χ1v) is 10.8. The van der Waals surface area contributed by atoms with Crippen LogP contribution >= 0.6 is 11.8 Å². The van der Waals surface area contributed by atoms with Crippen molar-refractivity contribution in [1.82, 2.24) is 9.80 Å². The van der Waals surface area contributed by atoms with E-state index in [9.17, 15) is 18.4 Å². The van der Waals surface area contributed by atoms with Gasteiger partial charge in [0, 0.05) is 11.6 Å². The van der Waals surface area contributed by atoms with Crippen molar-refractivity contribution in [3.63, 3.8) is 0 Å². The van der Waals surface area contributed by atoms with Gasteiger partial charge in [-0.05, 0) is 18.4 Å². The molecule has 0 radical (unpaired) electrons. The lowest BCUT2D eigenvalue weighted by molar-refractivity contribution is -0.883. The molecule has 0 bridgehead atoms. The third kappa shape index (κ3) is 4.49. The highest BCUT2D eigenvalue weighted by molar-refractivity contribution is 8.00. The van der Waals surface area contributed by atoms with Crippen LogP contribution in [0, 0.1) is 17.6 Å². The minimum absolute atomic E-state index is 0.0652. The van der Waals surface area contributed by atoms with Crippen LogP contribution in [0.3, 0.4) is 0 Å². The fraction of sp³-hybridized carbons (Fsp3) is 0.600. The van der Waals surface area contributed by atoms with Crippen LogP contribution in [0.25, 0.3) is 0 Å². The predicted octanol–water partition coefficient (Wildman–Crippen LogP) is 1.31. The molecule has 0 saturated carbocycles. The minimum Gasteiger partial charge on any atom is -0.334 e. The van der Waals surface area contributed by atoms with Crippen molar-refractivity contribution in [2.45, 2.75) is 31.7 Å². The van der Waals surface area contributed by atoms with Gasteiger partial charge in [-0.2, -0.15) is 0 Å². The highest BCUT2D eigenvalue weighted by atomic mass is 32.2. The smallest absolute Gasteiger partial charge is 0.245 e. The minimum atomic E-state index is -0.684. The molecule has 0 aromatic heterocycles. The average molecular weight is 413 g/mol. The van der Waals surface area contributed by atoms with Crippen LogP contribution in [0.1, 0.15) is 31.2 Å². The Hall–Kier alpha value is -1.67. The lowest BCUT2D eigenvalue weighted by Gasteiger charge is -2.38. The largest absolute Gasteiger partial charge is 0.334 e. The second kappa shape index (κ2) is 8.78. The summed E-state index contributed by atoms with van der Waals surface area (Å²) in [6.07, 6.45) is 0.518. The van der Waals surface area contributed by atoms with Crippen molar-refractivity contribution in [2.75, 3.05) is 39.0 Å². The van der Waals surface area contributed by atoms with Crippen LogP contribution in [0.4, 0.5) is 8.78 Å². The number of amides is 2. The number of halogens is 2. The van der Waals surface area contributed by atoms with Crippen LogP contribution < -0.4 is 4.90 Å². The van der Waals surface area contributed by atoms with Crippen molar-refractivity contribution in [1.29, 1.82) is 0 Å². The van der Waals surface area contributed by atoms with E-state index in [4.69, 9.17) is 0 Å². The van der Waals surface area contributed by atoms with Gasteiger partial charge in [-0.3, -0.25) is 9.59 Å². The van der Waals surface area contributed by atoms with E-state index in [2.05, 4.69) is 7.05 Å². The number of hydrogen-bond acceptors (Lipinski definition) is 3. The zero-order chi connectivity index (χ0) is 20.4. The maximum atomic E-state index is 14.4. The first-order valence-electron chi connectivity index (χ1n) is 9.75. The molecular formula is C20H28F2N3O2S+. The summed E-state index contributed by atoms with van der Waals surface area (Å²) in [7, 11) is 2.10. The molecular weight excluding hydrogens is 384 g/mol. The first kappa shape index (κ1) is 21.0. The Morgan fingerprint density at radius 3 is 2.57 bits per heavy atom. The first-order chi connectivity index (χ1) is 13.3. The van der Waals surface area contributed by atoms with E-state index in [1.54, 1.807) is 0 Å². The van der Waals surface area contributed by atoms with Crippen LogP contribution in [-0.4, -0.2) is 66.6 Å². The van der Waals surface area contributed by atoms with E-state index < -0.39 is 23.1 Å². The topological polar surface area (TPSA) is 45.1 Å². The van der Waals surface area contributed by atoms with Gasteiger partial charge >= 0.3 is 0 Å². The van der Waals surface area contributed by atoms with E-state index in [1.807, 2.05) is 18.7 Å². The SMILES string of the molecule is CC(C)C[C@H](C(=O)N1CC[NH+](C)CC1)N1C(=O)CS[C@@H]1c1ccc(F)cc1F. The van der Waals surface area contributed by atoms with Gasteiger partial charge in [0.15, 0.2) is 0 Å². The van der Waals surface area contributed by atoms with E-state index in [-0.39, 0.29) is 29.0 Å². The van der Waals surface area contributed by atoms with Gasteiger partial charge in [0.1, 0.15) is 23.1 Å². The number of quaternary nitrogens is 1. The van der Waals surface area contributed by atoms with Gasteiger partial charge in [-0.1, -0.05) is 19.9 Å². The molecule has 8 heteroatoms. The number of carbonyl (C=O) groups is 2. The second-order valence-corrected chi connectivity index (χ2v) is 9.13. The second-order valence-electron chi connectivity index (χ2n) is 8.06. The number of rotatable bonds is 5. The molecule has 0 aliphatic carbocycles. The molecule has 154 valence electrons. The lowest BCUT2D eigenvalue weighted by Crippen LogP contribution is -3.12. The molecule has 1 aromatic rings. The van der Waals surface area contributed by atoms with Gasteiger partial charge in [-0.25, -0.2) is 8.78 Å². The summed E-state index contributed by atoms with van der Waals surface area (Å²) in [5.41, 5.74) is 0.252. The van der Waals surface area contributed by atoms with Gasteiger partial charge in [0.25, 0.3) is 0 Å². The van der Waals surface area contributed by atoms with Crippen molar-refractivity contribution in [2.24, 2.45) is 5.92 Å². The maximum Gasteiger partial charge on any atom is 0.245 e. The van der Waals surface area contributed by atoms with E-state index >= 15 is 0 Å². The molecule has 1 aromatic carbocycles. The van der Waals surface area contributed by atoms with Crippen molar-refractivity contribution >= 4 is 23.6 Å². The fourth-order valence-corrected chi connectivity index (χ4v) is 5.06. The highest BCUT2D eigenvalue weighted by Crippen LogP contribution is 2.42.